The molecule has 0 saturated heterocycles. The van der Waals surface area contributed by atoms with Crippen molar-refractivity contribution in [1.82, 2.24) is 4.98 Å². The van der Waals surface area contributed by atoms with Crippen molar-refractivity contribution in [3.63, 3.8) is 0 Å². The summed E-state index contributed by atoms with van der Waals surface area (Å²) in [5.74, 6) is -1.05. The topological polar surface area (TPSA) is 50.2 Å². The van der Waals surface area contributed by atoms with Crippen molar-refractivity contribution in [2.45, 2.75) is 36.1 Å². The van der Waals surface area contributed by atoms with Gasteiger partial charge in [0.15, 0.2) is 0 Å². The van der Waals surface area contributed by atoms with Gasteiger partial charge in [-0.2, -0.15) is 0 Å². The van der Waals surface area contributed by atoms with Crippen molar-refractivity contribution >= 4 is 29.3 Å². The Kier molecular flexibility index (Phi) is 4.59. The number of carbonyl (C=O) groups is 1. The number of hydrogen-bond acceptors (Lipinski definition) is 3. The first-order valence-electron chi connectivity index (χ1n) is 6.45. The van der Waals surface area contributed by atoms with Crippen LogP contribution in [-0.2, 0) is 5.41 Å². The fourth-order valence-corrected chi connectivity index (χ4v) is 2.91. The second kappa shape index (κ2) is 6.08. The number of carboxylic acid groups (broad SMARTS) is 1. The highest BCUT2D eigenvalue weighted by atomic mass is 35.5. The van der Waals surface area contributed by atoms with Crippen molar-refractivity contribution in [1.29, 1.82) is 0 Å². The van der Waals surface area contributed by atoms with Crippen LogP contribution >= 0.6 is 23.4 Å². The van der Waals surface area contributed by atoms with Crippen LogP contribution < -0.4 is 0 Å². The van der Waals surface area contributed by atoms with Gasteiger partial charge >= 0.3 is 5.97 Å². The Morgan fingerprint density at radius 2 is 1.81 bits per heavy atom. The maximum atomic E-state index is 11.1. The summed E-state index contributed by atoms with van der Waals surface area (Å²) in [4.78, 5) is 16.2. The molecule has 1 aromatic heterocycles. The monoisotopic (exact) mass is 321 g/mol. The summed E-state index contributed by atoms with van der Waals surface area (Å²) in [5, 5.41) is 9.74. The van der Waals surface area contributed by atoms with E-state index in [1.54, 1.807) is 0 Å². The van der Waals surface area contributed by atoms with Crippen molar-refractivity contribution in [2.75, 3.05) is 0 Å². The number of carboxylic acids is 1. The SMILES string of the molecule is CC(C)(C)c1ccc(Sc2nccc(C(=O)O)c2Cl)cc1. The third-order valence-corrected chi connectivity index (χ3v) is 4.53. The normalized spacial score (nSPS) is 11.4. The first-order valence-corrected chi connectivity index (χ1v) is 7.64. The van der Waals surface area contributed by atoms with E-state index in [1.165, 1.54) is 29.6 Å². The van der Waals surface area contributed by atoms with Gasteiger partial charge in [0.25, 0.3) is 0 Å². The lowest BCUT2D eigenvalue weighted by Crippen LogP contribution is -2.10. The maximum absolute atomic E-state index is 11.1. The molecule has 0 atom stereocenters. The zero-order chi connectivity index (χ0) is 15.6. The van der Waals surface area contributed by atoms with Crippen molar-refractivity contribution in [3.8, 4) is 0 Å². The lowest BCUT2D eigenvalue weighted by Gasteiger charge is -2.19. The van der Waals surface area contributed by atoms with Gasteiger partial charge in [0.1, 0.15) is 5.03 Å². The number of rotatable bonds is 3. The highest BCUT2D eigenvalue weighted by Gasteiger charge is 2.16. The zero-order valence-corrected chi connectivity index (χ0v) is 13.6. The van der Waals surface area contributed by atoms with Gasteiger partial charge in [0, 0.05) is 11.1 Å². The molecule has 1 aromatic carbocycles. The summed E-state index contributed by atoms with van der Waals surface area (Å²) in [6.07, 6.45) is 1.46. The number of hydrogen-bond donors (Lipinski definition) is 1. The molecule has 0 amide bonds. The van der Waals surface area contributed by atoms with Gasteiger partial charge < -0.3 is 5.11 Å². The van der Waals surface area contributed by atoms with Crippen molar-refractivity contribution < 1.29 is 9.90 Å². The molecule has 0 fully saturated rings. The van der Waals surface area contributed by atoms with E-state index in [9.17, 15) is 4.79 Å². The van der Waals surface area contributed by atoms with Crippen LogP contribution in [0, 0.1) is 0 Å². The van der Waals surface area contributed by atoms with Gasteiger partial charge in [-0.3, -0.25) is 0 Å². The van der Waals surface area contributed by atoms with Crippen LogP contribution in [0.3, 0.4) is 0 Å². The fourth-order valence-electron chi connectivity index (χ4n) is 1.80. The van der Waals surface area contributed by atoms with Gasteiger partial charge in [0.05, 0.1) is 10.6 Å². The van der Waals surface area contributed by atoms with E-state index in [1.807, 2.05) is 12.1 Å². The quantitative estimate of drug-likeness (QED) is 0.875. The van der Waals surface area contributed by atoms with E-state index in [0.717, 1.165) is 4.90 Å². The molecule has 2 rings (SSSR count). The van der Waals surface area contributed by atoms with Crippen LogP contribution in [0.1, 0.15) is 36.7 Å². The summed E-state index contributed by atoms with van der Waals surface area (Å²) in [6, 6.07) is 9.53. The molecule has 5 heteroatoms. The summed E-state index contributed by atoms with van der Waals surface area (Å²) in [7, 11) is 0. The Labute approximate surface area is 133 Å². The third-order valence-electron chi connectivity index (χ3n) is 3.02. The van der Waals surface area contributed by atoms with Gasteiger partial charge in [0.2, 0.25) is 0 Å². The van der Waals surface area contributed by atoms with E-state index in [2.05, 4.69) is 37.9 Å². The summed E-state index contributed by atoms with van der Waals surface area (Å²) < 4.78 is 0. The first-order chi connectivity index (χ1) is 9.79. The summed E-state index contributed by atoms with van der Waals surface area (Å²) >= 11 is 7.45. The standard InChI is InChI=1S/C16H16ClNO2S/c1-16(2,3)10-4-6-11(7-5-10)21-14-13(17)12(15(19)20)8-9-18-14/h4-9H,1-3H3,(H,19,20). The molecule has 21 heavy (non-hydrogen) atoms. The van der Waals surface area contributed by atoms with Crippen LogP contribution in [0.15, 0.2) is 46.5 Å². The van der Waals surface area contributed by atoms with E-state index in [-0.39, 0.29) is 16.0 Å². The van der Waals surface area contributed by atoms with Gasteiger partial charge in [-0.25, -0.2) is 9.78 Å². The number of benzene rings is 1. The molecule has 0 spiro atoms. The van der Waals surface area contributed by atoms with E-state index < -0.39 is 5.97 Å². The highest BCUT2D eigenvalue weighted by molar-refractivity contribution is 7.99. The Balaban J connectivity index is 2.27. The number of aromatic carboxylic acids is 1. The molecule has 1 N–H and O–H groups in total. The van der Waals surface area contributed by atoms with Crippen molar-refractivity contribution in [3.05, 3.63) is 52.7 Å². The number of halogens is 1. The van der Waals surface area contributed by atoms with E-state index in [0.29, 0.717) is 5.03 Å². The average molecular weight is 322 g/mol. The molecule has 2 aromatic rings. The van der Waals surface area contributed by atoms with Crippen LogP contribution in [0.4, 0.5) is 0 Å². The third kappa shape index (κ3) is 3.77. The molecular formula is C16H16ClNO2S. The molecule has 0 aliphatic rings. The molecule has 1 heterocycles. The maximum Gasteiger partial charge on any atom is 0.337 e. The van der Waals surface area contributed by atoms with Gasteiger partial charge in [-0.1, -0.05) is 56.3 Å². The second-order valence-corrected chi connectivity index (χ2v) is 7.10. The zero-order valence-electron chi connectivity index (χ0n) is 12.1. The fraction of sp³-hybridized carbons (Fsp3) is 0.250. The Morgan fingerprint density at radius 1 is 1.19 bits per heavy atom. The smallest absolute Gasteiger partial charge is 0.337 e. The Morgan fingerprint density at radius 3 is 2.33 bits per heavy atom. The average Bonchev–Trinajstić information content (AvgIpc) is 2.40. The number of aromatic nitrogens is 1. The highest BCUT2D eigenvalue weighted by Crippen LogP contribution is 2.34. The van der Waals surface area contributed by atoms with Crippen LogP contribution in [-0.4, -0.2) is 16.1 Å². The van der Waals surface area contributed by atoms with Crippen molar-refractivity contribution in [2.24, 2.45) is 0 Å². The number of pyridine rings is 1. The second-order valence-electron chi connectivity index (χ2n) is 5.66. The van der Waals surface area contributed by atoms with Crippen LogP contribution in [0.5, 0.6) is 0 Å². The summed E-state index contributed by atoms with van der Waals surface area (Å²) in [6.45, 7) is 6.47. The lowest BCUT2D eigenvalue weighted by atomic mass is 9.87. The summed E-state index contributed by atoms with van der Waals surface area (Å²) in [5.41, 5.74) is 1.41. The Hall–Kier alpha value is -1.52. The predicted octanol–water partition coefficient (Wildman–Crippen LogP) is 4.88. The minimum absolute atomic E-state index is 0.0699. The Bertz CT molecular complexity index is 663. The molecule has 0 unspecified atom stereocenters. The lowest BCUT2D eigenvalue weighted by molar-refractivity contribution is 0.0696. The molecule has 0 aliphatic heterocycles. The largest absolute Gasteiger partial charge is 0.478 e. The van der Waals surface area contributed by atoms with E-state index in [4.69, 9.17) is 16.7 Å². The minimum Gasteiger partial charge on any atom is -0.478 e. The van der Waals surface area contributed by atoms with Gasteiger partial charge in [-0.05, 0) is 29.2 Å². The van der Waals surface area contributed by atoms with Crippen LogP contribution in [0.25, 0.3) is 0 Å². The molecule has 3 nitrogen and oxygen atoms in total. The van der Waals surface area contributed by atoms with Gasteiger partial charge in [-0.15, -0.1) is 0 Å². The molecule has 0 bridgehead atoms. The number of nitrogens with zero attached hydrogens (tertiary/aromatic N) is 1. The molecule has 0 radical (unpaired) electrons. The molecular weight excluding hydrogens is 306 g/mol. The minimum atomic E-state index is -1.05. The molecule has 110 valence electrons. The molecule has 0 aliphatic carbocycles. The van der Waals surface area contributed by atoms with Crippen LogP contribution in [0.2, 0.25) is 5.02 Å². The van der Waals surface area contributed by atoms with E-state index >= 15 is 0 Å². The predicted molar refractivity (Wildman–Crippen MR) is 85.5 cm³/mol. The molecule has 0 saturated carbocycles. The first kappa shape index (κ1) is 15.9.